The van der Waals surface area contributed by atoms with Crippen molar-refractivity contribution in [3.63, 3.8) is 0 Å². The minimum Gasteiger partial charge on any atom is -0.353 e. The van der Waals surface area contributed by atoms with Crippen molar-refractivity contribution in [2.45, 2.75) is 51.3 Å². The quantitative estimate of drug-likeness (QED) is 0.721. The van der Waals surface area contributed by atoms with Crippen LogP contribution in [0.4, 0.5) is 0 Å². The first-order valence-corrected chi connectivity index (χ1v) is 11.2. The highest BCUT2D eigenvalue weighted by Crippen LogP contribution is 2.22. The van der Waals surface area contributed by atoms with E-state index in [1.165, 1.54) is 4.31 Å². The first-order valence-electron chi connectivity index (χ1n) is 8.84. The molecule has 7 heteroatoms. The van der Waals surface area contributed by atoms with Crippen LogP contribution in [0.1, 0.15) is 45.1 Å². The van der Waals surface area contributed by atoms with E-state index in [1.54, 1.807) is 0 Å². The molecule has 1 aromatic carbocycles. The van der Waals surface area contributed by atoms with Gasteiger partial charge in [-0.3, -0.25) is 4.79 Å². The SMILES string of the molecule is CCC[C@@H](C)NC(=O)C1CCN(S(=O)(=O)Cc2ccc(Br)cc2)CC1. The average Bonchev–Trinajstić information content (AvgIpc) is 2.57. The minimum absolute atomic E-state index is 0.00464. The molecule has 1 aliphatic heterocycles. The molecule has 0 aliphatic carbocycles. The van der Waals surface area contributed by atoms with Crippen LogP contribution in [-0.2, 0) is 20.6 Å². The zero-order valence-electron chi connectivity index (χ0n) is 14.9. The molecule has 140 valence electrons. The van der Waals surface area contributed by atoms with Crippen molar-refractivity contribution in [1.82, 2.24) is 9.62 Å². The molecule has 0 aromatic heterocycles. The van der Waals surface area contributed by atoms with Gasteiger partial charge in [0, 0.05) is 29.5 Å². The number of nitrogens with zero attached hydrogens (tertiary/aromatic N) is 1. The fourth-order valence-electron chi connectivity index (χ4n) is 3.14. The smallest absolute Gasteiger partial charge is 0.223 e. The van der Waals surface area contributed by atoms with Gasteiger partial charge in [-0.2, -0.15) is 0 Å². The van der Waals surface area contributed by atoms with E-state index in [0.29, 0.717) is 25.9 Å². The van der Waals surface area contributed by atoms with Gasteiger partial charge in [-0.25, -0.2) is 12.7 Å². The van der Waals surface area contributed by atoms with Crippen LogP contribution in [-0.4, -0.2) is 37.8 Å². The summed E-state index contributed by atoms with van der Waals surface area (Å²) in [6.07, 6.45) is 3.18. The summed E-state index contributed by atoms with van der Waals surface area (Å²) in [7, 11) is -3.34. The molecule has 5 nitrogen and oxygen atoms in total. The molecule has 1 heterocycles. The molecule has 1 N–H and O–H groups in total. The van der Waals surface area contributed by atoms with Gasteiger partial charge in [0.25, 0.3) is 0 Å². The summed E-state index contributed by atoms with van der Waals surface area (Å²) in [5.74, 6) is -0.0191. The molecule has 1 aliphatic rings. The van der Waals surface area contributed by atoms with Gasteiger partial charge in [0.15, 0.2) is 0 Å². The standard InChI is InChI=1S/C18H27BrN2O3S/c1-3-4-14(2)20-18(22)16-9-11-21(12-10-16)25(23,24)13-15-5-7-17(19)8-6-15/h5-8,14,16H,3-4,9-13H2,1-2H3,(H,20,22)/t14-/m1/s1. The highest BCUT2D eigenvalue weighted by atomic mass is 79.9. The Bertz CT molecular complexity index is 668. The monoisotopic (exact) mass is 430 g/mol. The van der Waals surface area contributed by atoms with E-state index in [4.69, 9.17) is 0 Å². The molecule has 1 fully saturated rings. The summed E-state index contributed by atoms with van der Waals surface area (Å²) in [6, 6.07) is 7.50. The van der Waals surface area contributed by atoms with Crippen LogP contribution in [0.15, 0.2) is 28.7 Å². The van der Waals surface area contributed by atoms with Crippen LogP contribution in [0.2, 0.25) is 0 Å². The topological polar surface area (TPSA) is 66.5 Å². The second-order valence-corrected chi connectivity index (χ2v) is 9.64. The Balaban J connectivity index is 1.88. The lowest BCUT2D eigenvalue weighted by Gasteiger charge is -2.31. The van der Waals surface area contributed by atoms with E-state index in [9.17, 15) is 13.2 Å². The van der Waals surface area contributed by atoms with Crippen LogP contribution in [0.3, 0.4) is 0 Å². The number of sulfonamides is 1. The van der Waals surface area contributed by atoms with E-state index in [1.807, 2.05) is 31.2 Å². The third-order valence-electron chi connectivity index (χ3n) is 4.59. The lowest BCUT2D eigenvalue weighted by Crippen LogP contribution is -2.45. The summed E-state index contributed by atoms with van der Waals surface area (Å²) < 4.78 is 27.6. The van der Waals surface area contributed by atoms with Crippen molar-refractivity contribution in [2.24, 2.45) is 5.92 Å². The Hall–Kier alpha value is -0.920. The van der Waals surface area contributed by atoms with E-state index in [-0.39, 0.29) is 23.6 Å². The number of nitrogens with one attached hydrogen (secondary N) is 1. The number of benzene rings is 1. The van der Waals surface area contributed by atoms with Gasteiger partial charge in [-0.15, -0.1) is 0 Å². The van der Waals surface area contributed by atoms with Gasteiger partial charge >= 0.3 is 0 Å². The normalized spacial score (nSPS) is 18.0. The lowest BCUT2D eigenvalue weighted by atomic mass is 9.96. The fraction of sp³-hybridized carbons (Fsp3) is 0.611. The summed E-state index contributed by atoms with van der Waals surface area (Å²) in [5.41, 5.74) is 0.774. The molecule has 0 radical (unpaired) electrons. The van der Waals surface area contributed by atoms with Crippen molar-refractivity contribution in [2.75, 3.05) is 13.1 Å². The molecular weight excluding hydrogens is 404 g/mol. The highest BCUT2D eigenvalue weighted by molar-refractivity contribution is 9.10. The number of piperidine rings is 1. The Labute approximate surface area is 159 Å². The summed E-state index contributed by atoms with van der Waals surface area (Å²) in [5, 5.41) is 3.04. The molecule has 1 amide bonds. The first kappa shape index (κ1) is 20.4. The fourth-order valence-corrected chi connectivity index (χ4v) is 4.97. The molecule has 0 spiro atoms. The molecular formula is C18H27BrN2O3S. The van der Waals surface area contributed by atoms with Gasteiger partial charge in [0.1, 0.15) is 0 Å². The predicted molar refractivity (Wildman–Crippen MR) is 104 cm³/mol. The van der Waals surface area contributed by atoms with Gasteiger partial charge in [0.05, 0.1) is 5.75 Å². The molecule has 0 bridgehead atoms. The predicted octanol–water partition coefficient (Wildman–Crippen LogP) is 3.30. The van der Waals surface area contributed by atoms with Crippen molar-refractivity contribution in [1.29, 1.82) is 0 Å². The minimum atomic E-state index is -3.34. The largest absolute Gasteiger partial charge is 0.353 e. The van der Waals surface area contributed by atoms with Crippen LogP contribution in [0.25, 0.3) is 0 Å². The third kappa shape index (κ3) is 6.08. The molecule has 1 saturated heterocycles. The maximum absolute atomic E-state index is 12.6. The zero-order valence-corrected chi connectivity index (χ0v) is 17.3. The van der Waals surface area contributed by atoms with Gasteiger partial charge in [-0.1, -0.05) is 41.4 Å². The number of hydrogen-bond donors (Lipinski definition) is 1. The van der Waals surface area contributed by atoms with Crippen LogP contribution in [0.5, 0.6) is 0 Å². The molecule has 1 aromatic rings. The summed E-state index contributed by atoms with van der Waals surface area (Å²) in [4.78, 5) is 12.3. The van der Waals surface area contributed by atoms with E-state index < -0.39 is 10.0 Å². The first-order chi connectivity index (χ1) is 11.8. The second-order valence-electron chi connectivity index (χ2n) is 6.75. The van der Waals surface area contributed by atoms with Crippen molar-refractivity contribution in [3.05, 3.63) is 34.3 Å². The van der Waals surface area contributed by atoms with E-state index in [2.05, 4.69) is 28.2 Å². The highest BCUT2D eigenvalue weighted by Gasteiger charge is 2.31. The molecule has 2 rings (SSSR count). The summed E-state index contributed by atoms with van der Waals surface area (Å²) >= 11 is 3.35. The van der Waals surface area contributed by atoms with Crippen LogP contribution >= 0.6 is 15.9 Å². The number of hydrogen-bond acceptors (Lipinski definition) is 3. The molecule has 25 heavy (non-hydrogen) atoms. The van der Waals surface area contributed by atoms with Gasteiger partial charge in [0.2, 0.25) is 15.9 Å². The third-order valence-corrected chi connectivity index (χ3v) is 6.97. The number of halogens is 1. The molecule has 0 saturated carbocycles. The van der Waals surface area contributed by atoms with Crippen LogP contribution in [0, 0.1) is 5.92 Å². The Morgan fingerprint density at radius 3 is 2.44 bits per heavy atom. The number of carbonyl (C=O) groups excluding carboxylic acids is 1. The molecule has 1 atom stereocenters. The lowest BCUT2D eigenvalue weighted by molar-refractivity contribution is -0.126. The van der Waals surface area contributed by atoms with Crippen molar-refractivity contribution in [3.8, 4) is 0 Å². The summed E-state index contributed by atoms with van der Waals surface area (Å²) in [6.45, 7) is 4.94. The molecule has 0 unspecified atom stereocenters. The number of rotatable bonds is 7. The number of amides is 1. The van der Waals surface area contributed by atoms with E-state index >= 15 is 0 Å². The van der Waals surface area contributed by atoms with Gasteiger partial charge in [-0.05, 0) is 43.9 Å². The Kier molecular flexibility index (Phi) is 7.46. The van der Waals surface area contributed by atoms with E-state index in [0.717, 1.165) is 22.9 Å². The average molecular weight is 431 g/mol. The second kappa shape index (κ2) is 9.14. The van der Waals surface area contributed by atoms with Crippen molar-refractivity contribution < 1.29 is 13.2 Å². The van der Waals surface area contributed by atoms with Crippen LogP contribution < -0.4 is 5.32 Å². The Morgan fingerprint density at radius 2 is 1.88 bits per heavy atom. The maximum atomic E-state index is 12.6. The maximum Gasteiger partial charge on any atom is 0.223 e. The van der Waals surface area contributed by atoms with Crippen molar-refractivity contribution >= 4 is 31.9 Å². The van der Waals surface area contributed by atoms with Gasteiger partial charge < -0.3 is 5.32 Å². The Morgan fingerprint density at radius 1 is 1.28 bits per heavy atom. The zero-order chi connectivity index (χ0) is 18.4. The number of carbonyl (C=O) groups is 1.